The lowest BCUT2D eigenvalue weighted by molar-refractivity contribution is 0.161. The zero-order valence-electron chi connectivity index (χ0n) is 8.59. The maximum Gasteiger partial charge on any atom is 0.411 e. The van der Waals surface area contributed by atoms with Gasteiger partial charge >= 0.3 is 6.09 Å². The zero-order valence-corrected chi connectivity index (χ0v) is 8.59. The summed E-state index contributed by atoms with van der Waals surface area (Å²) in [6.45, 7) is 5.83. The Balaban J connectivity index is 2.55. The molecule has 0 aromatic carbocycles. The first-order valence-electron chi connectivity index (χ1n) is 4.51. The lowest BCUT2D eigenvalue weighted by atomic mass is 10.3. The van der Waals surface area contributed by atoms with E-state index in [1.165, 1.54) is 0 Å². The third-order valence-electron chi connectivity index (χ3n) is 1.70. The van der Waals surface area contributed by atoms with E-state index < -0.39 is 6.09 Å². The number of aryl methyl sites for hydroxylation is 2. The van der Waals surface area contributed by atoms with Crippen LogP contribution < -0.4 is 5.32 Å². The lowest BCUT2D eigenvalue weighted by Crippen LogP contribution is -2.14. The molecule has 0 aliphatic rings. The van der Waals surface area contributed by atoms with E-state index in [9.17, 15) is 4.79 Å². The fraction of sp³-hybridized carbons (Fsp3) is 0.556. The number of carbonyl (C=O) groups excluding carboxylic acids is 1. The molecule has 1 aromatic rings. The van der Waals surface area contributed by atoms with Crippen LogP contribution in [0.2, 0.25) is 0 Å². The van der Waals surface area contributed by atoms with Crippen molar-refractivity contribution in [2.24, 2.45) is 0 Å². The highest BCUT2D eigenvalue weighted by Crippen LogP contribution is 2.18. The Hall–Kier alpha value is -1.52. The highest BCUT2D eigenvalue weighted by molar-refractivity contribution is 5.85. The van der Waals surface area contributed by atoms with Crippen molar-refractivity contribution in [2.45, 2.75) is 27.2 Å². The van der Waals surface area contributed by atoms with Crippen molar-refractivity contribution in [1.82, 2.24) is 5.16 Å². The summed E-state index contributed by atoms with van der Waals surface area (Å²) in [4.78, 5) is 11.2. The Morgan fingerprint density at radius 1 is 1.57 bits per heavy atom. The molecule has 1 amide bonds. The Bertz CT molecular complexity index is 300. The average Bonchev–Trinajstić information content (AvgIpc) is 2.46. The van der Waals surface area contributed by atoms with Gasteiger partial charge in [0, 0.05) is 0 Å². The molecule has 0 aliphatic carbocycles. The quantitative estimate of drug-likeness (QED) is 0.808. The molecule has 0 aliphatic heterocycles. The van der Waals surface area contributed by atoms with Crippen LogP contribution in [-0.4, -0.2) is 17.9 Å². The van der Waals surface area contributed by atoms with Crippen LogP contribution in [0.15, 0.2) is 4.52 Å². The van der Waals surface area contributed by atoms with Crippen LogP contribution in [0, 0.1) is 13.8 Å². The van der Waals surface area contributed by atoms with Gasteiger partial charge in [-0.05, 0) is 20.3 Å². The second kappa shape index (κ2) is 4.64. The predicted octanol–water partition coefficient (Wildman–Crippen LogP) is 2.25. The molecule has 0 fully saturated rings. The largest absolute Gasteiger partial charge is 0.449 e. The molecule has 1 aromatic heterocycles. The number of hydrogen-bond donors (Lipinski definition) is 1. The van der Waals surface area contributed by atoms with E-state index in [1.54, 1.807) is 13.8 Å². The smallest absolute Gasteiger partial charge is 0.411 e. The predicted molar refractivity (Wildman–Crippen MR) is 51.2 cm³/mol. The van der Waals surface area contributed by atoms with Gasteiger partial charge in [0.2, 0.25) is 0 Å². The van der Waals surface area contributed by atoms with Crippen molar-refractivity contribution in [3.63, 3.8) is 0 Å². The molecule has 0 saturated heterocycles. The van der Waals surface area contributed by atoms with E-state index in [1.807, 2.05) is 6.92 Å². The van der Waals surface area contributed by atoms with Crippen LogP contribution in [0.25, 0.3) is 0 Å². The second-order valence-corrected chi connectivity index (χ2v) is 2.96. The van der Waals surface area contributed by atoms with Crippen LogP contribution in [0.3, 0.4) is 0 Å². The van der Waals surface area contributed by atoms with Crippen molar-refractivity contribution < 1.29 is 14.1 Å². The SMILES string of the molecule is CCCOC(=O)Nc1c(C)noc1C. The summed E-state index contributed by atoms with van der Waals surface area (Å²) >= 11 is 0. The first-order chi connectivity index (χ1) is 6.65. The first-order valence-corrected chi connectivity index (χ1v) is 4.51. The third-order valence-corrected chi connectivity index (χ3v) is 1.70. The second-order valence-electron chi connectivity index (χ2n) is 2.96. The summed E-state index contributed by atoms with van der Waals surface area (Å²) in [5.41, 5.74) is 1.24. The molecule has 5 heteroatoms. The van der Waals surface area contributed by atoms with Crippen LogP contribution in [-0.2, 0) is 4.74 Å². The molecule has 0 bridgehead atoms. The molecule has 0 radical (unpaired) electrons. The Morgan fingerprint density at radius 3 is 2.79 bits per heavy atom. The number of anilines is 1. The normalized spacial score (nSPS) is 9.93. The van der Waals surface area contributed by atoms with Gasteiger partial charge in [-0.25, -0.2) is 4.79 Å². The van der Waals surface area contributed by atoms with Gasteiger partial charge in [0.15, 0.2) is 5.76 Å². The number of ether oxygens (including phenoxy) is 1. The fourth-order valence-corrected chi connectivity index (χ4v) is 0.994. The molecular weight excluding hydrogens is 184 g/mol. The standard InChI is InChI=1S/C9H14N2O3/c1-4-5-13-9(12)10-8-6(2)11-14-7(8)3/h4-5H2,1-3H3,(H,10,12). The Morgan fingerprint density at radius 2 is 2.29 bits per heavy atom. The highest BCUT2D eigenvalue weighted by Gasteiger charge is 2.12. The van der Waals surface area contributed by atoms with Gasteiger partial charge in [-0.2, -0.15) is 0 Å². The molecule has 0 spiro atoms. The van der Waals surface area contributed by atoms with Gasteiger partial charge in [0.05, 0.1) is 6.61 Å². The minimum Gasteiger partial charge on any atom is -0.449 e. The molecule has 1 heterocycles. The molecule has 0 saturated carbocycles. The summed E-state index contributed by atoms with van der Waals surface area (Å²) in [5, 5.41) is 6.28. The van der Waals surface area contributed by atoms with Gasteiger partial charge in [0.1, 0.15) is 11.4 Å². The summed E-state index contributed by atoms with van der Waals surface area (Å²) < 4.78 is 9.74. The van der Waals surface area contributed by atoms with E-state index in [2.05, 4.69) is 10.5 Å². The van der Waals surface area contributed by atoms with Gasteiger partial charge < -0.3 is 9.26 Å². The van der Waals surface area contributed by atoms with Crippen molar-refractivity contribution >= 4 is 11.8 Å². The van der Waals surface area contributed by atoms with E-state index >= 15 is 0 Å². The van der Waals surface area contributed by atoms with E-state index in [0.717, 1.165) is 6.42 Å². The number of rotatable bonds is 3. The first kappa shape index (κ1) is 10.6. The van der Waals surface area contributed by atoms with Gasteiger partial charge in [-0.1, -0.05) is 12.1 Å². The number of nitrogens with zero attached hydrogens (tertiary/aromatic N) is 1. The number of carbonyl (C=O) groups is 1. The molecule has 0 unspecified atom stereocenters. The number of aromatic nitrogens is 1. The monoisotopic (exact) mass is 198 g/mol. The van der Waals surface area contributed by atoms with Crippen LogP contribution >= 0.6 is 0 Å². The topological polar surface area (TPSA) is 64.4 Å². The maximum atomic E-state index is 11.2. The summed E-state index contributed by atoms with van der Waals surface area (Å²) in [6.07, 6.45) is 0.330. The zero-order chi connectivity index (χ0) is 10.6. The summed E-state index contributed by atoms with van der Waals surface area (Å²) in [5.74, 6) is 0.580. The van der Waals surface area contributed by atoms with Crippen molar-refractivity contribution in [2.75, 3.05) is 11.9 Å². The molecule has 14 heavy (non-hydrogen) atoms. The van der Waals surface area contributed by atoms with Gasteiger partial charge in [-0.15, -0.1) is 0 Å². The molecular formula is C9H14N2O3. The van der Waals surface area contributed by atoms with E-state index in [-0.39, 0.29) is 0 Å². The lowest BCUT2D eigenvalue weighted by Gasteiger charge is -2.04. The van der Waals surface area contributed by atoms with Crippen molar-refractivity contribution in [1.29, 1.82) is 0 Å². The van der Waals surface area contributed by atoms with Crippen LogP contribution in [0.5, 0.6) is 0 Å². The molecule has 1 N–H and O–H groups in total. The van der Waals surface area contributed by atoms with Crippen molar-refractivity contribution in [3.05, 3.63) is 11.5 Å². The highest BCUT2D eigenvalue weighted by atomic mass is 16.5. The molecule has 5 nitrogen and oxygen atoms in total. The van der Waals surface area contributed by atoms with Gasteiger partial charge in [0.25, 0.3) is 0 Å². The van der Waals surface area contributed by atoms with Crippen LogP contribution in [0.1, 0.15) is 24.8 Å². The van der Waals surface area contributed by atoms with E-state index in [0.29, 0.717) is 23.7 Å². The van der Waals surface area contributed by atoms with Crippen molar-refractivity contribution in [3.8, 4) is 0 Å². The third kappa shape index (κ3) is 2.48. The number of amides is 1. The fourth-order valence-electron chi connectivity index (χ4n) is 0.994. The summed E-state index contributed by atoms with van der Waals surface area (Å²) in [7, 11) is 0. The average molecular weight is 198 g/mol. The van der Waals surface area contributed by atoms with Crippen LogP contribution in [0.4, 0.5) is 10.5 Å². The minimum absolute atomic E-state index is 0.412. The Labute approximate surface area is 82.4 Å². The number of hydrogen-bond acceptors (Lipinski definition) is 4. The Kier molecular flexibility index (Phi) is 3.50. The van der Waals surface area contributed by atoms with Gasteiger partial charge in [-0.3, -0.25) is 5.32 Å². The minimum atomic E-state index is -0.471. The molecule has 1 rings (SSSR count). The molecule has 78 valence electrons. The van der Waals surface area contributed by atoms with E-state index in [4.69, 9.17) is 9.26 Å². The molecule has 0 atom stereocenters. The maximum absolute atomic E-state index is 11.2. The summed E-state index contributed by atoms with van der Waals surface area (Å²) in [6, 6.07) is 0. The number of nitrogens with one attached hydrogen (secondary N) is 1.